The zero-order chi connectivity index (χ0) is 11.4. The van der Waals surface area contributed by atoms with Gasteiger partial charge in [0.15, 0.2) is 0 Å². The standard InChI is InChI=1S/C8H15NO4S/c1-6(5-14(11,12)13)3-4-7(2)8(9)10/h4,6H,3,5H2,1-2H3,(H2,9,10)(H,11,12,13). The van der Waals surface area contributed by atoms with Crippen molar-refractivity contribution in [3.05, 3.63) is 11.6 Å². The second-order valence-electron chi connectivity index (χ2n) is 3.34. The zero-order valence-corrected chi connectivity index (χ0v) is 9.04. The second-order valence-corrected chi connectivity index (χ2v) is 4.84. The van der Waals surface area contributed by atoms with Gasteiger partial charge in [0.25, 0.3) is 10.1 Å². The van der Waals surface area contributed by atoms with Gasteiger partial charge in [-0.25, -0.2) is 0 Å². The number of carbonyl (C=O) groups is 1. The Hall–Kier alpha value is -0.880. The van der Waals surface area contributed by atoms with E-state index < -0.39 is 16.0 Å². The first-order valence-corrected chi connectivity index (χ1v) is 5.75. The summed E-state index contributed by atoms with van der Waals surface area (Å²) < 4.78 is 29.4. The molecule has 0 aliphatic carbocycles. The summed E-state index contributed by atoms with van der Waals surface area (Å²) in [6.07, 6.45) is 1.97. The summed E-state index contributed by atoms with van der Waals surface area (Å²) in [5, 5.41) is 0. The molecule has 0 heterocycles. The minimum Gasteiger partial charge on any atom is -0.366 e. The maximum Gasteiger partial charge on any atom is 0.265 e. The van der Waals surface area contributed by atoms with Crippen LogP contribution in [-0.2, 0) is 14.9 Å². The molecule has 0 fully saturated rings. The lowest BCUT2D eigenvalue weighted by Gasteiger charge is -2.05. The van der Waals surface area contributed by atoms with Gasteiger partial charge in [0.2, 0.25) is 5.91 Å². The van der Waals surface area contributed by atoms with E-state index >= 15 is 0 Å². The predicted molar refractivity (Wildman–Crippen MR) is 53.1 cm³/mol. The van der Waals surface area contributed by atoms with Crippen molar-refractivity contribution in [3.8, 4) is 0 Å². The molecule has 6 heteroatoms. The Kier molecular flexibility index (Phi) is 4.79. The average Bonchev–Trinajstić information content (AvgIpc) is 1.96. The number of carbonyl (C=O) groups excluding carboxylic acids is 1. The Balaban J connectivity index is 4.16. The molecule has 5 nitrogen and oxygen atoms in total. The molecule has 0 spiro atoms. The van der Waals surface area contributed by atoms with E-state index in [1.165, 1.54) is 0 Å². The fourth-order valence-corrected chi connectivity index (χ4v) is 1.76. The number of amides is 1. The molecule has 0 aliphatic heterocycles. The zero-order valence-electron chi connectivity index (χ0n) is 8.23. The van der Waals surface area contributed by atoms with Crippen LogP contribution in [0, 0.1) is 5.92 Å². The average molecular weight is 221 g/mol. The summed E-state index contributed by atoms with van der Waals surface area (Å²) in [6.45, 7) is 3.22. The highest BCUT2D eigenvalue weighted by Gasteiger charge is 2.11. The molecule has 1 atom stereocenters. The van der Waals surface area contributed by atoms with Crippen molar-refractivity contribution in [2.24, 2.45) is 11.7 Å². The number of hydrogen-bond donors (Lipinski definition) is 2. The summed E-state index contributed by atoms with van der Waals surface area (Å²) in [6, 6.07) is 0. The third-order valence-corrected chi connectivity index (χ3v) is 2.70. The van der Waals surface area contributed by atoms with E-state index in [0.29, 0.717) is 12.0 Å². The molecule has 82 valence electrons. The van der Waals surface area contributed by atoms with Gasteiger partial charge in [-0.3, -0.25) is 9.35 Å². The van der Waals surface area contributed by atoms with Crippen LogP contribution >= 0.6 is 0 Å². The molecular formula is C8H15NO4S. The summed E-state index contributed by atoms with van der Waals surface area (Å²) in [4.78, 5) is 10.6. The van der Waals surface area contributed by atoms with Crippen LogP contribution in [-0.4, -0.2) is 24.6 Å². The molecule has 0 bridgehead atoms. The van der Waals surface area contributed by atoms with Gasteiger partial charge >= 0.3 is 0 Å². The smallest absolute Gasteiger partial charge is 0.265 e. The Morgan fingerprint density at radius 1 is 1.57 bits per heavy atom. The van der Waals surface area contributed by atoms with E-state index in [1.54, 1.807) is 19.9 Å². The van der Waals surface area contributed by atoms with Crippen molar-refractivity contribution in [1.82, 2.24) is 0 Å². The van der Waals surface area contributed by atoms with E-state index in [0.717, 1.165) is 0 Å². The Bertz CT molecular complexity index is 331. The van der Waals surface area contributed by atoms with Crippen LogP contribution in [0.15, 0.2) is 11.6 Å². The summed E-state index contributed by atoms with van der Waals surface area (Å²) >= 11 is 0. The SMILES string of the molecule is CC(=CCC(C)CS(=O)(=O)O)C(N)=O. The summed E-state index contributed by atoms with van der Waals surface area (Å²) in [5.41, 5.74) is 5.37. The number of allylic oxidation sites excluding steroid dienone is 1. The van der Waals surface area contributed by atoms with Gasteiger partial charge in [-0.1, -0.05) is 13.0 Å². The van der Waals surface area contributed by atoms with Crippen LogP contribution in [0.3, 0.4) is 0 Å². The van der Waals surface area contributed by atoms with Crippen LogP contribution in [0.4, 0.5) is 0 Å². The Morgan fingerprint density at radius 2 is 2.07 bits per heavy atom. The van der Waals surface area contributed by atoms with E-state index in [2.05, 4.69) is 0 Å². The Morgan fingerprint density at radius 3 is 2.43 bits per heavy atom. The number of nitrogens with two attached hydrogens (primary N) is 1. The highest BCUT2D eigenvalue weighted by Crippen LogP contribution is 2.07. The first kappa shape index (κ1) is 13.1. The molecule has 0 rings (SSSR count). The minimum absolute atomic E-state index is 0.237. The number of hydrogen-bond acceptors (Lipinski definition) is 3. The van der Waals surface area contributed by atoms with Crippen molar-refractivity contribution >= 4 is 16.0 Å². The van der Waals surface area contributed by atoms with Crippen LogP contribution < -0.4 is 5.73 Å². The minimum atomic E-state index is -3.94. The molecule has 0 saturated heterocycles. The van der Waals surface area contributed by atoms with Gasteiger partial charge in [0, 0.05) is 5.57 Å². The van der Waals surface area contributed by atoms with Gasteiger partial charge in [-0.15, -0.1) is 0 Å². The van der Waals surface area contributed by atoms with Gasteiger partial charge in [0.1, 0.15) is 0 Å². The highest BCUT2D eigenvalue weighted by atomic mass is 32.2. The maximum atomic E-state index is 10.6. The molecule has 0 saturated carbocycles. The first-order chi connectivity index (χ1) is 6.22. The quantitative estimate of drug-likeness (QED) is 0.516. The molecule has 0 radical (unpaired) electrons. The van der Waals surface area contributed by atoms with Gasteiger partial charge < -0.3 is 5.73 Å². The number of primary amides is 1. The summed E-state index contributed by atoms with van der Waals surface area (Å²) in [5.74, 6) is -1.07. The van der Waals surface area contributed by atoms with Gasteiger partial charge in [-0.2, -0.15) is 8.42 Å². The predicted octanol–water partition coefficient (Wildman–Crippen LogP) is 0.332. The molecule has 1 amide bonds. The molecular weight excluding hydrogens is 206 g/mol. The van der Waals surface area contributed by atoms with Crippen molar-refractivity contribution in [2.45, 2.75) is 20.3 Å². The molecule has 0 aliphatic rings. The molecule has 0 aromatic carbocycles. The van der Waals surface area contributed by atoms with Crippen molar-refractivity contribution in [2.75, 3.05) is 5.75 Å². The van der Waals surface area contributed by atoms with Crippen LogP contribution in [0.25, 0.3) is 0 Å². The fourth-order valence-electron chi connectivity index (χ4n) is 0.906. The summed E-state index contributed by atoms with van der Waals surface area (Å²) in [7, 11) is -3.94. The highest BCUT2D eigenvalue weighted by molar-refractivity contribution is 7.85. The topological polar surface area (TPSA) is 97.5 Å². The van der Waals surface area contributed by atoms with Crippen molar-refractivity contribution in [3.63, 3.8) is 0 Å². The largest absolute Gasteiger partial charge is 0.366 e. The second kappa shape index (κ2) is 5.11. The lowest BCUT2D eigenvalue weighted by molar-refractivity contribution is -0.114. The van der Waals surface area contributed by atoms with E-state index in [4.69, 9.17) is 10.3 Å². The van der Waals surface area contributed by atoms with Gasteiger partial charge in [0.05, 0.1) is 5.75 Å². The van der Waals surface area contributed by atoms with Crippen LogP contribution in [0.1, 0.15) is 20.3 Å². The molecule has 0 aromatic rings. The molecule has 3 N–H and O–H groups in total. The molecule has 1 unspecified atom stereocenters. The van der Waals surface area contributed by atoms with Gasteiger partial charge in [-0.05, 0) is 19.3 Å². The normalized spacial score (nSPS) is 15.2. The molecule has 14 heavy (non-hydrogen) atoms. The van der Waals surface area contributed by atoms with Crippen molar-refractivity contribution in [1.29, 1.82) is 0 Å². The molecule has 0 aromatic heterocycles. The fraction of sp³-hybridized carbons (Fsp3) is 0.625. The Labute approximate surface area is 83.7 Å². The third-order valence-electron chi connectivity index (χ3n) is 1.71. The van der Waals surface area contributed by atoms with Crippen LogP contribution in [0.5, 0.6) is 0 Å². The lowest BCUT2D eigenvalue weighted by atomic mass is 10.1. The monoisotopic (exact) mass is 221 g/mol. The number of rotatable bonds is 5. The first-order valence-electron chi connectivity index (χ1n) is 4.14. The van der Waals surface area contributed by atoms with Crippen molar-refractivity contribution < 1.29 is 17.8 Å². The van der Waals surface area contributed by atoms with E-state index in [-0.39, 0.29) is 11.7 Å². The van der Waals surface area contributed by atoms with E-state index in [9.17, 15) is 13.2 Å². The van der Waals surface area contributed by atoms with Crippen LogP contribution in [0.2, 0.25) is 0 Å². The lowest BCUT2D eigenvalue weighted by Crippen LogP contribution is -2.14. The van der Waals surface area contributed by atoms with E-state index in [1.807, 2.05) is 0 Å². The maximum absolute atomic E-state index is 10.6. The third kappa shape index (κ3) is 6.62.